The summed E-state index contributed by atoms with van der Waals surface area (Å²) in [5.74, 6) is -0.354. The number of aliphatic hydroxyl groups is 1. The molecule has 0 amide bonds. The average Bonchev–Trinajstić information content (AvgIpc) is 2.52. The van der Waals surface area contributed by atoms with Gasteiger partial charge in [0.05, 0.1) is 12.2 Å². The van der Waals surface area contributed by atoms with E-state index in [2.05, 4.69) is 4.74 Å². The van der Waals surface area contributed by atoms with Crippen molar-refractivity contribution in [1.29, 1.82) is 0 Å². The molecule has 11 heavy (non-hydrogen) atoms. The van der Waals surface area contributed by atoms with Crippen LogP contribution >= 0.6 is 0 Å². The first-order valence-corrected chi connectivity index (χ1v) is 3.49. The molecule has 1 N–H and O–H groups in total. The minimum atomic E-state index is -0.354. The van der Waals surface area contributed by atoms with Crippen molar-refractivity contribution in [3.8, 4) is 0 Å². The third-order valence-electron chi connectivity index (χ3n) is 1.33. The predicted molar refractivity (Wildman–Crippen MR) is 39.9 cm³/mol. The Morgan fingerprint density at radius 3 is 3.09 bits per heavy atom. The van der Waals surface area contributed by atoms with Crippen LogP contribution in [0.5, 0.6) is 0 Å². The smallest absolute Gasteiger partial charge is 0.337 e. The van der Waals surface area contributed by atoms with E-state index in [0.29, 0.717) is 5.57 Å². The summed E-state index contributed by atoms with van der Waals surface area (Å²) in [7, 11) is 0. The molecule has 1 rings (SSSR count). The summed E-state index contributed by atoms with van der Waals surface area (Å²) in [6.07, 6.45) is 6.19. The van der Waals surface area contributed by atoms with Crippen molar-refractivity contribution < 1.29 is 14.6 Å². The number of aliphatic hydroxyl groups excluding tert-OH is 1. The number of carbonyl (C=O) groups excluding carboxylic acids is 1. The second kappa shape index (κ2) is 3.93. The van der Waals surface area contributed by atoms with Crippen molar-refractivity contribution in [3.05, 3.63) is 23.8 Å². The van der Waals surface area contributed by atoms with Gasteiger partial charge in [-0.1, -0.05) is 18.2 Å². The van der Waals surface area contributed by atoms with Gasteiger partial charge in [0, 0.05) is 0 Å². The van der Waals surface area contributed by atoms with E-state index < -0.39 is 0 Å². The van der Waals surface area contributed by atoms with Crippen molar-refractivity contribution in [1.82, 2.24) is 0 Å². The summed E-state index contributed by atoms with van der Waals surface area (Å²) < 4.78 is 4.67. The largest absolute Gasteiger partial charge is 0.460 e. The van der Waals surface area contributed by atoms with E-state index in [9.17, 15) is 4.79 Å². The molecule has 0 aromatic carbocycles. The van der Waals surface area contributed by atoms with Gasteiger partial charge in [0.2, 0.25) is 0 Å². The first-order chi connectivity index (χ1) is 5.34. The number of ether oxygens (including phenoxy) is 1. The molecule has 1 aliphatic rings. The molecule has 0 fully saturated rings. The lowest BCUT2D eigenvalue weighted by Gasteiger charge is -2.00. The van der Waals surface area contributed by atoms with Crippen molar-refractivity contribution in [2.45, 2.75) is 6.42 Å². The number of allylic oxidation sites excluding steroid dienone is 2. The molecule has 0 unspecified atom stereocenters. The molecule has 0 aliphatic heterocycles. The number of carbonyl (C=O) groups is 1. The molecule has 0 bridgehead atoms. The Labute approximate surface area is 65.0 Å². The summed E-state index contributed by atoms with van der Waals surface area (Å²) in [6, 6.07) is 0. The number of esters is 1. The molecular formula is C8H10O3. The fraction of sp³-hybridized carbons (Fsp3) is 0.375. The fourth-order valence-corrected chi connectivity index (χ4v) is 0.831. The Balaban J connectivity index is 2.35. The Morgan fingerprint density at radius 1 is 1.73 bits per heavy atom. The van der Waals surface area contributed by atoms with E-state index >= 15 is 0 Å². The number of hydrogen-bond donors (Lipinski definition) is 1. The highest BCUT2D eigenvalue weighted by atomic mass is 16.5. The normalized spacial score (nSPS) is 14.8. The zero-order chi connectivity index (χ0) is 8.10. The fourth-order valence-electron chi connectivity index (χ4n) is 0.831. The van der Waals surface area contributed by atoms with Gasteiger partial charge < -0.3 is 9.84 Å². The van der Waals surface area contributed by atoms with Crippen LogP contribution in [-0.4, -0.2) is 24.3 Å². The highest BCUT2D eigenvalue weighted by Gasteiger charge is 2.08. The van der Waals surface area contributed by atoms with Crippen LogP contribution in [0.25, 0.3) is 0 Å². The van der Waals surface area contributed by atoms with Gasteiger partial charge in [-0.2, -0.15) is 0 Å². The number of rotatable bonds is 3. The van der Waals surface area contributed by atoms with Crippen LogP contribution in [-0.2, 0) is 9.53 Å². The van der Waals surface area contributed by atoms with Crippen LogP contribution in [0.2, 0.25) is 0 Å². The summed E-state index contributed by atoms with van der Waals surface area (Å²) in [5.41, 5.74) is 0.582. The zero-order valence-electron chi connectivity index (χ0n) is 6.12. The maximum Gasteiger partial charge on any atom is 0.337 e. The molecule has 3 heteroatoms. The van der Waals surface area contributed by atoms with Crippen LogP contribution in [0, 0.1) is 0 Å². The molecule has 0 saturated heterocycles. The second-order valence-corrected chi connectivity index (χ2v) is 2.16. The van der Waals surface area contributed by atoms with Crippen LogP contribution < -0.4 is 0 Å². The van der Waals surface area contributed by atoms with Crippen molar-refractivity contribution in [2.24, 2.45) is 0 Å². The molecule has 3 nitrogen and oxygen atoms in total. The highest BCUT2D eigenvalue weighted by molar-refractivity contribution is 5.92. The standard InChI is InChI=1S/C8H10O3/c9-5-6-11-8(10)7-3-1-2-4-7/h1,3-4,9H,2,5-6H2. The van der Waals surface area contributed by atoms with Gasteiger partial charge in [-0.15, -0.1) is 0 Å². The van der Waals surface area contributed by atoms with E-state index in [0.717, 1.165) is 6.42 Å². The molecule has 1 aliphatic carbocycles. The Hall–Kier alpha value is -1.09. The first kappa shape index (κ1) is 8.01. The molecule has 0 aromatic heterocycles. The summed E-state index contributed by atoms with van der Waals surface area (Å²) in [5, 5.41) is 8.34. The average molecular weight is 154 g/mol. The van der Waals surface area contributed by atoms with Gasteiger partial charge in [0.1, 0.15) is 6.61 Å². The highest BCUT2D eigenvalue weighted by Crippen LogP contribution is 2.09. The minimum Gasteiger partial charge on any atom is -0.460 e. The molecule has 0 aromatic rings. The van der Waals surface area contributed by atoms with E-state index in [1.165, 1.54) is 0 Å². The Kier molecular flexibility index (Phi) is 2.86. The van der Waals surface area contributed by atoms with Gasteiger partial charge in [0.25, 0.3) is 0 Å². The van der Waals surface area contributed by atoms with E-state index in [-0.39, 0.29) is 19.2 Å². The van der Waals surface area contributed by atoms with Crippen molar-refractivity contribution in [2.75, 3.05) is 13.2 Å². The monoisotopic (exact) mass is 154 g/mol. The quantitative estimate of drug-likeness (QED) is 0.599. The van der Waals surface area contributed by atoms with E-state index in [1.807, 2.05) is 6.08 Å². The Morgan fingerprint density at radius 2 is 2.55 bits per heavy atom. The van der Waals surface area contributed by atoms with Gasteiger partial charge >= 0.3 is 5.97 Å². The van der Waals surface area contributed by atoms with Crippen molar-refractivity contribution >= 4 is 5.97 Å². The maximum atomic E-state index is 11.0. The summed E-state index contributed by atoms with van der Waals surface area (Å²) >= 11 is 0. The number of hydrogen-bond acceptors (Lipinski definition) is 3. The van der Waals surface area contributed by atoms with Crippen LogP contribution in [0.3, 0.4) is 0 Å². The predicted octanol–water partition coefficient (Wildman–Crippen LogP) is 0.408. The Bertz CT molecular complexity index is 203. The van der Waals surface area contributed by atoms with Crippen molar-refractivity contribution in [3.63, 3.8) is 0 Å². The molecule has 0 atom stereocenters. The van der Waals surface area contributed by atoms with Gasteiger partial charge in [-0.25, -0.2) is 4.79 Å². The lowest BCUT2D eigenvalue weighted by molar-refractivity contribution is -0.139. The van der Waals surface area contributed by atoms with Crippen LogP contribution in [0.4, 0.5) is 0 Å². The third kappa shape index (κ3) is 2.20. The molecule has 60 valence electrons. The lowest BCUT2D eigenvalue weighted by atomic mass is 10.3. The molecule has 0 heterocycles. The van der Waals surface area contributed by atoms with Crippen LogP contribution in [0.15, 0.2) is 23.8 Å². The maximum absolute atomic E-state index is 11.0. The van der Waals surface area contributed by atoms with E-state index in [1.54, 1.807) is 12.2 Å². The topological polar surface area (TPSA) is 46.5 Å². The first-order valence-electron chi connectivity index (χ1n) is 3.49. The lowest BCUT2D eigenvalue weighted by Crippen LogP contribution is -2.09. The van der Waals surface area contributed by atoms with Gasteiger partial charge in [-0.05, 0) is 6.42 Å². The second-order valence-electron chi connectivity index (χ2n) is 2.16. The summed E-state index contributed by atoms with van der Waals surface area (Å²) in [6.45, 7) is -0.0489. The third-order valence-corrected chi connectivity index (χ3v) is 1.33. The van der Waals surface area contributed by atoms with Gasteiger partial charge in [0.15, 0.2) is 0 Å². The molecule has 0 radical (unpaired) electrons. The minimum absolute atomic E-state index is 0.0734. The van der Waals surface area contributed by atoms with Crippen LogP contribution in [0.1, 0.15) is 6.42 Å². The van der Waals surface area contributed by atoms with Gasteiger partial charge in [-0.3, -0.25) is 0 Å². The van der Waals surface area contributed by atoms with E-state index in [4.69, 9.17) is 5.11 Å². The molecule has 0 spiro atoms. The SMILES string of the molecule is O=C(OCCO)C1=CCC=C1. The zero-order valence-corrected chi connectivity index (χ0v) is 6.12. The summed E-state index contributed by atoms with van der Waals surface area (Å²) in [4.78, 5) is 11.0. The molecule has 0 saturated carbocycles. The molecular weight excluding hydrogens is 144 g/mol.